The summed E-state index contributed by atoms with van der Waals surface area (Å²) in [5.41, 5.74) is -0.917. The van der Waals surface area contributed by atoms with Crippen LogP contribution < -0.4 is 0 Å². The topological polar surface area (TPSA) is 0 Å². The average molecular weight is 185 g/mol. The molecule has 42 valence electrons. The fourth-order valence-corrected chi connectivity index (χ4v) is 1.14. The van der Waals surface area contributed by atoms with Crippen LogP contribution in [0.5, 0.6) is 0 Å². The normalized spacial score (nSPS) is 13.4. The lowest BCUT2D eigenvalue weighted by atomic mass is 10.7. The third-order valence-corrected chi connectivity index (χ3v) is 1.84. The second-order valence-corrected chi connectivity index (χ2v) is 3.24. The molecule has 0 aromatic heterocycles. The van der Waals surface area contributed by atoms with Crippen LogP contribution in [0.25, 0.3) is 0 Å². The van der Waals surface area contributed by atoms with Gasteiger partial charge in [0, 0.05) is 0 Å². The minimum atomic E-state index is -0.917. The van der Waals surface area contributed by atoms with Crippen molar-refractivity contribution in [3.63, 3.8) is 0 Å². The predicted molar refractivity (Wildman–Crippen MR) is 36.5 cm³/mol. The van der Waals surface area contributed by atoms with E-state index >= 15 is 0 Å². The van der Waals surface area contributed by atoms with Crippen LogP contribution in [0.15, 0.2) is 12.7 Å². The molecule has 0 fully saturated rings. The number of halogens is 2. The smallest absolute Gasteiger partial charge is 0.164 e. The van der Waals surface area contributed by atoms with Crippen molar-refractivity contribution in [2.24, 2.45) is 0 Å². The van der Waals surface area contributed by atoms with Crippen molar-refractivity contribution in [3.05, 3.63) is 12.7 Å². The van der Waals surface area contributed by atoms with Gasteiger partial charge in [-0.1, -0.05) is 22.5 Å². The molecule has 0 spiro atoms. The molecule has 0 radical (unpaired) electrons. The predicted octanol–water partition coefficient (Wildman–Crippen LogP) is 2.55. The summed E-state index contributed by atoms with van der Waals surface area (Å²) >= 11 is 4.23. The van der Waals surface area contributed by atoms with Gasteiger partial charge in [-0.3, -0.25) is 0 Å². The van der Waals surface area contributed by atoms with Crippen molar-refractivity contribution >= 4 is 27.7 Å². The molecule has 0 aliphatic rings. The van der Waals surface area contributed by atoms with E-state index in [9.17, 15) is 4.39 Å². The molecule has 1 atom stereocenters. The molecule has 0 aromatic rings. The van der Waals surface area contributed by atoms with Gasteiger partial charge in [-0.2, -0.15) is 0 Å². The van der Waals surface area contributed by atoms with Gasteiger partial charge in [0.15, 0.2) is 5.50 Å². The summed E-state index contributed by atoms with van der Waals surface area (Å²) in [7, 11) is 0. The minimum Gasteiger partial charge on any atom is -0.231 e. The molecular formula is C4H6BrFS. The van der Waals surface area contributed by atoms with E-state index in [-0.39, 0.29) is 0 Å². The maximum absolute atomic E-state index is 11.9. The molecule has 0 heterocycles. The van der Waals surface area contributed by atoms with Crippen LogP contribution in [-0.2, 0) is 0 Å². The van der Waals surface area contributed by atoms with Crippen LogP contribution >= 0.6 is 27.7 Å². The molecule has 0 aromatic carbocycles. The van der Waals surface area contributed by atoms with Gasteiger partial charge >= 0.3 is 0 Å². The number of thioether (sulfide) groups is 1. The fourth-order valence-electron chi connectivity index (χ4n) is 0.128. The van der Waals surface area contributed by atoms with Crippen molar-refractivity contribution < 1.29 is 4.39 Å². The number of hydrogen-bond donors (Lipinski definition) is 0. The highest BCUT2D eigenvalue weighted by atomic mass is 79.9. The largest absolute Gasteiger partial charge is 0.231 e. The van der Waals surface area contributed by atoms with Gasteiger partial charge in [-0.05, 0) is 6.08 Å². The summed E-state index contributed by atoms with van der Waals surface area (Å²) in [4.78, 5) is 0. The van der Waals surface area contributed by atoms with Crippen molar-refractivity contribution in [2.45, 2.75) is 5.50 Å². The third-order valence-electron chi connectivity index (χ3n) is 0.408. The number of alkyl halides is 2. The summed E-state index contributed by atoms with van der Waals surface area (Å²) in [6.07, 6.45) is 1.27. The van der Waals surface area contributed by atoms with Crippen molar-refractivity contribution in [2.75, 3.05) is 4.66 Å². The van der Waals surface area contributed by atoms with E-state index in [1.54, 1.807) is 0 Å². The molecule has 0 aliphatic carbocycles. The standard InChI is InChI=1S/C4H6BrFS/c1-2-4(6)7-3-5/h2,4H,1,3H2. The van der Waals surface area contributed by atoms with Crippen LogP contribution in [0.2, 0.25) is 0 Å². The monoisotopic (exact) mass is 184 g/mol. The lowest BCUT2D eigenvalue weighted by Gasteiger charge is -1.93. The van der Waals surface area contributed by atoms with Crippen LogP contribution in [0.1, 0.15) is 0 Å². The summed E-state index contributed by atoms with van der Waals surface area (Å²) < 4.78 is 12.6. The van der Waals surface area contributed by atoms with E-state index in [1.165, 1.54) is 6.08 Å². The summed E-state index contributed by atoms with van der Waals surface area (Å²) in [6.45, 7) is 3.26. The molecule has 0 saturated heterocycles. The molecule has 0 nitrogen and oxygen atoms in total. The second kappa shape index (κ2) is 4.65. The van der Waals surface area contributed by atoms with Gasteiger partial charge in [-0.25, -0.2) is 4.39 Å². The van der Waals surface area contributed by atoms with E-state index in [1.807, 2.05) is 0 Å². The Morgan fingerprint density at radius 2 is 2.57 bits per heavy atom. The SMILES string of the molecule is C=CC(F)SCBr. The molecule has 0 aliphatic heterocycles. The average Bonchev–Trinajstić information content (AvgIpc) is 1.68. The lowest BCUT2D eigenvalue weighted by molar-refractivity contribution is 0.522. The van der Waals surface area contributed by atoms with Crippen LogP contribution in [-0.4, -0.2) is 10.2 Å². The van der Waals surface area contributed by atoms with Gasteiger partial charge in [0.25, 0.3) is 0 Å². The van der Waals surface area contributed by atoms with E-state index in [0.717, 1.165) is 11.8 Å². The Morgan fingerprint density at radius 3 is 2.71 bits per heavy atom. The maximum atomic E-state index is 11.9. The third kappa shape index (κ3) is 4.35. The zero-order valence-electron chi connectivity index (χ0n) is 3.73. The van der Waals surface area contributed by atoms with Crippen LogP contribution in [0, 0.1) is 0 Å². The Labute approximate surface area is 55.3 Å². The van der Waals surface area contributed by atoms with Gasteiger partial charge < -0.3 is 0 Å². The first-order valence-corrected chi connectivity index (χ1v) is 3.92. The van der Waals surface area contributed by atoms with Crippen molar-refractivity contribution in [1.82, 2.24) is 0 Å². The van der Waals surface area contributed by atoms with E-state index < -0.39 is 5.50 Å². The maximum Gasteiger partial charge on any atom is 0.164 e. The van der Waals surface area contributed by atoms with Gasteiger partial charge in [0.1, 0.15) is 0 Å². The first kappa shape index (κ1) is 7.50. The highest BCUT2D eigenvalue weighted by Gasteiger charge is 1.95. The molecule has 7 heavy (non-hydrogen) atoms. The van der Waals surface area contributed by atoms with Crippen LogP contribution in [0.3, 0.4) is 0 Å². The first-order chi connectivity index (χ1) is 3.31. The highest BCUT2D eigenvalue weighted by Crippen LogP contribution is 2.14. The quantitative estimate of drug-likeness (QED) is 0.481. The number of hydrogen-bond acceptors (Lipinski definition) is 1. The molecule has 0 N–H and O–H groups in total. The molecule has 3 heteroatoms. The molecule has 0 saturated carbocycles. The Bertz CT molecular complexity index is 57.7. The Morgan fingerprint density at radius 1 is 2.00 bits per heavy atom. The summed E-state index contributed by atoms with van der Waals surface area (Å²) in [6, 6.07) is 0. The Balaban J connectivity index is 2.98. The molecule has 0 rings (SSSR count). The minimum absolute atomic E-state index is 0.625. The summed E-state index contributed by atoms with van der Waals surface area (Å²) in [5, 5.41) is 0. The van der Waals surface area contributed by atoms with E-state index in [2.05, 4.69) is 22.5 Å². The van der Waals surface area contributed by atoms with E-state index in [4.69, 9.17) is 0 Å². The first-order valence-electron chi connectivity index (χ1n) is 1.75. The highest BCUT2D eigenvalue weighted by molar-refractivity contribution is 9.11. The second-order valence-electron chi connectivity index (χ2n) is 0.863. The fraction of sp³-hybridized carbons (Fsp3) is 0.500. The van der Waals surface area contributed by atoms with Crippen molar-refractivity contribution in [1.29, 1.82) is 0 Å². The van der Waals surface area contributed by atoms with E-state index in [0.29, 0.717) is 4.66 Å². The molecule has 0 bridgehead atoms. The zero-order chi connectivity index (χ0) is 5.70. The number of rotatable bonds is 3. The Kier molecular flexibility index (Phi) is 4.99. The van der Waals surface area contributed by atoms with Gasteiger partial charge in [-0.15, -0.1) is 11.8 Å². The molecule has 1 unspecified atom stereocenters. The molecule has 0 amide bonds. The Hall–Kier alpha value is 0.500. The van der Waals surface area contributed by atoms with Gasteiger partial charge in [0.2, 0.25) is 0 Å². The summed E-state index contributed by atoms with van der Waals surface area (Å²) in [5.74, 6) is 0. The zero-order valence-corrected chi connectivity index (χ0v) is 6.14. The van der Waals surface area contributed by atoms with Crippen LogP contribution in [0.4, 0.5) is 4.39 Å². The van der Waals surface area contributed by atoms with Gasteiger partial charge in [0.05, 0.1) is 4.66 Å². The molecular weight excluding hydrogens is 179 g/mol. The van der Waals surface area contributed by atoms with Crippen molar-refractivity contribution in [3.8, 4) is 0 Å². The lowest BCUT2D eigenvalue weighted by Crippen LogP contribution is -1.83.